The predicted octanol–water partition coefficient (Wildman–Crippen LogP) is 4.36. The van der Waals surface area contributed by atoms with E-state index < -0.39 is 4.92 Å². The molecule has 0 saturated carbocycles. The van der Waals surface area contributed by atoms with Crippen molar-refractivity contribution in [3.63, 3.8) is 0 Å². The van der Waals surface area contributed by atoms with Crippen molar-refractivity contribution < 1.29 is 4.92 Å². The van der Waals surface area contributed by atoms with Gasteiger partial charge in [-0.2, -0.15) is 0 Å². The summed E-state index contributed by atoms with van der Waals surface area (Å²) in [5.41, 5.74) is 1.52. The lowest BCUT2D eigenvalue weighted by Gasteiger charge is -1.99. The summed E-state index contributed by atoms with van der Waals surface area (Å²) in [6, 6.07) is 11.9. The van der Waals surface area contributed by atoms with E-state index in [-0.39, 0.29) is 5.69 Å². The first-order valence-corrected chi connectivity index (χ1v) is 6.84. The molecule has 0 aliphatic rings. The highest BCUT2D eigenvalue weighted by Crippen LogP contribution is 2.19. The molecule has 22 heavy (non-hydrogen) atoms. The summed E-state index contributed by atoms with van der Waals surface area (Å²) in [5, 5.41) is 12.2. The number of nitro groups is 1. The second kappa shape index (κ2) is 5.91. The minimum absolute atomic E-state index is 0.0128. The number of nitro benzene ring substituents is 1. The van der Waals surface area contributed by atoms with E-state index in [4.69, 9.17) is 11.6 Å². The van der Waals surface area contributed by atoms with Gasteiger partial charge in [-0.15, -0.1) is 0 Å². The van der Waals surface area contributed by atoms with Crippen molar-refractivity contribution in [2.24, 2.45) is 0 Å². The maximum Gasteiger partial charge on any atom is 0.271 e. The van der Waals surface area contributed by atoms with Gasteiger partial charge >= 0.3 is 0 Å². The van der Waals surface area contributed by atoms with E-state index in [2.05, 4.69) is 9.97 Å². The number of halogens is 1. The van der Waals surface area contributed by atoms with Crippen LogP contribution in [0.2, 0.25) is 5.02 Å². The number of rotatable bonds is 3. The van der Waals surface area contributed by atoms with Gasteiger partial charge in [0.25, 0.3) is 5.69 Å². The summed E-state index contributed by atoms with van der Waals surface area (Å²) in [6.07, 6.45) is 5.25. The molecule has 0 aliphatic carbocycles. The minimum atomic E-state index is -0.440. The Bertz CT molecular complexity index is 876. The van der Waals surface area contributed by atoms with Crippen molar-refractivity contribution in [2.45, 2.75) is 0 Å². The first kappa shape index (κ1) is 14.2. The van der Waals surface area contributed by atoms with Crippen molar-refractivity contribution in [1.29, 1.82) is 0 Å². The number of hydrogen-bond donors (Lipinski definition) is 0. The highest BCUT2D eigenvalue weighted by molar-refractivity contribution is 6.30. The highest BCUT2D eigenvalue weighted by Gasteiger charge is 2.07. The minimum Gasteiger partial charge on any atom is -0.258 e. The van der Waals surface area contributed by atoms with Crippen LogP contribution < -0.4 is 0 Å². The van der Waals surface area contributed by atoms with Crippen LogP contribution in [0.3, 0.4) is 0 Å². The predicted molar refractivity (Wildman–Crippen MR) is 86.6 cm³/mol. The van der Waals surface area contributed by atoms with E-state index in [1.54, 1.807) is 30.5 Å². The number of nitrogens with zero attached hydrogens (tertiary/aromatic N) is 3. The fraction of sp³-hybridized carbons (Fsp3) is 0. The Morgan fingerprint density at radius 1 is 1.09 bits per heavy atom. The molecule has 3 aromatic rings. The first-order chi connectivity index (χ1) is 10.6. The van der Waals surface area contributed by atoms with Gasteiger partial charge in [-0.25, -0.2) is 9.97 Å². The Balaban J connectivity index is 1.93. The normalized spacial score (nSPS) is 11.1. The molecule has 108 valence electrons. The quantitative estimate of drug-likeness (QED) is 0.532. The van der Waals surface area contributed by atoms with E-state index in [1.165, 1.54) is 12.1 Å². The second-order valence-electron chi connectivity index (χ2n) is 4.61. The van der Waals surface area contributed by atoms with Crippen LogP contribution in [-0.2, 0) is 0 Å². The highest BCUT2D eigenvalue weighted by atomic mass is 35.5. The summed E-state index contributed by atoms with van der Waals surface area (Å²) in [7, 11) is 0. The zero-order chi connectivity index (χ0) is 15.5. The van der Waals surface area contributed by atoms with Crippen molar-refractivity contribution >= 4 is 40.3 Å². The third-order valence-corrected chi connectivity index (χ3v) is 3.34. The molecule has 0 spiro atoms. The summed E-state index contributed by atoms with van der Waals surface area (Å²) in [4.78, 5) is 18.9. The van der Waals surface area contributed by atoms with Gasteiger partial charge in [-0.3, -0.25) is 10.1 Å². The number of aromatic nitrogens is 2. The van der Waals surface area contributed by atoms with Crippen LogP contribution in [0.1, 0.15) is 11.4 Å². The van der Waals surface area contributed by atoms with Gasteiger partial charge < -0.3 is 0 Å². The number of hydrogen-bond acceptors (Lipinski definition) is 4. The molecule has 0 N–H and O–H groups in total. The molecular weight excluding hydrogens is 302 g/mol. The molecule has 0 atom stereocenters. The van der Waals surface area contributed by atoms with Crippen LogP contribution in [-0.4, -0.2) is 14.9 Å². The van der Waals surface area contributed by atoms with Crippen LogP contribution in [0, 0.1) is 10.1 Å². The lowest BCUT2D eigenvalue weighted by Crippen LogP contribution is -1.91. The Kier molecular flexibility index (Phi) is 3.80. The molecule has 1 heterocycles. The molecule has 6 heteroatoms. The molecule has 0 unspecified atom stereocenters. The van der Waals surface area contributed by atoms with E-state index in [0.717, 1.165) is 10.9 Å². The monoisotopic (exact) mass is 311 g/mol. The average molecular weight is 312 g/mol. The molecule has 0 radical (unpaired) electrons. The molecule has 0 bridgehead atoms. The molecule has 0 amide bonds. The van der Waals surface area contributed by atoms with Gasteiger partial charge in [0, 0.05) is 28.7 Å². The molecular formula is C16H10ClN3O2. The Morgan fingerprint density at radius 3 is 2.59 bits per heavy atom. The topological polar surface area (TPSA) is 68.9 Å². The summed E-state index contributed by atoms with van der Waals surface area (Å²) < 4.78 is 0. The first-order valence-electron chi connectivity index (χ1n) is 6.47. The largest absolute Gasteiger partial charge is 0.271 e. The number of benzene rings is 2. The summed E-state index contributed by atoms with van der Waals surface area (Å²) in [5.74, 6) is 0.489. The fourth-order valence-corrected chi connectivity index (χ4v) is 2.09. The van der Waals surface area contributed by atoms with E-state index >= 15 is 0 Å². The second-order valence-corrected chi connectivity index (χ2v) is 5.05. The molecule has 1 aromatic heterocycles. The van der Waals surface area contributed by atoms with Gasteiger partial charge in [0.05, 0.1) is 10.4 Å². The summed E-state index contributed by atoms with van der Waals surface area (Å²) in [6.45, 7) is 0. The Hall–Kier alpha value is -2.79. The molecule has 2 aromatic carbocycles. The van der Waals surface area contributed by atoms with Gasteiger partial charge in [-0.1, -0.05) is 29.8 Å². The Labute approximate surface area is 131 Å². The SMILES string of the molecule is O=[N+]([O-])c1ccc2cnc(C=Cc3ccc(Cl)cc3)nc2c1. The van der Waals surface area contributed by atoms with Crippen LogP contribution in [0.15, 0.2) is 48.7 Å². The lowest BCUT2D eigenvalue weighted by molar-refractivity contribution is -0.384. The number of non-ortho nitro benzene ring substituents is 1. The zero-order valence-corrected chi connectivity index (χ0v) is 12.1. The van der Waals surface area contributed by atoms with Gasteiger partial charge in [0.2, 0.25) is 0 Å². The molecule has 5 nitrogen and oxygen atoms in total. The third kappa shape index (κ3) is 3.10. The van der Waals surface area contributed by atoms with Gasteiger partial charge in [0.1, 0.15) is 0 Å². The maximum absolute atomic E-state index is 10.8. The van der Waals surface area contributed by atoms with Crippen LogP contribution in [0.25, 0.3) is 23.1 Å². The van der Waals surface area contributed by atoms with Crippen molar-refractivity contribution in [2.75, 3.05) is 0 Å². The van der Waals surface area contributed by atoms with Gasteiger partial charge in [0.15, 0.2) is 5.82 Å². The number of fused-ring (bicyclic) bond motifs is 1. The van der Waals surface area contributed by atoms with Gasteiger partial charge in [-0.05, 0) is 29.8 Å². The van der Waals surface area contributed by atoms with Crippen LogP contribution >= 0.6 is 11.6 Å². The summed E-state index contributed by atoms with van der Waals surface area (Å²) >= 11 is 5.83. The van der Waals surface area contributed by atoms with Crippen molar-refractivity contribution in [3.8, 4) is 0 Å². The molecule has 0 aliphatic heterocycles. The van der Waals surface area contributed by atoms with Crippen molar-refractivity contribution in [3.05, 3.63) is 75.2 Å². The lowest BCUT2D eigenvalue weighted by atomic mass is 10.2. The van der Waals surface area contributed by atoms with E-state index in [0.29, 0.717) is 16.4 Å². The molecule has 0 saturated heterocycles. The average Bonchev–Trinajstić information content (AvgIpc) is 2.53. The van der Waals surface area contributed by atoms with Crippen LogP contribution in [0.4, 0.5) is 5.69 Å². The fourth-order valence-electron chi connectivity index (χ4n) is 1.96. The Morgan fingerprint density at radius 2 is 1.86 bits per heavy atom. The third-order valence-electron chi connectivity index (χ3n) is 3.09. The maximum atomic E-state index is 10.8. The smallest absolute Gasteiger partial charge is 0.258 e. The zero-order valence-electron chi connectivity index (χ0n) is 11.3. The standard InChI is InChI=1S/C16H10ClN3O2/c17-13-5-1-11(2-6-13)3-8-16-18-10-12-4-7-14(20(21)22)9-15(12)19-16/h1-10H. The van der Waals surface area contributed by atoms with Crippen molar-refractivity contribution in [1.82, 2.24) is 9.97 Å². The van der Waals surface area contributed by atoms with E-state index in [9.17, 15) is 10.1 Å². The molecule has 3 rings (SSSR count). The van der Waals surface area contributed by atoms with E-state index in [1.807, 2.05) is 18.2 Å². The van der Waals surface area contributed by atoms with Crippen LogP contribution in [0.5, 0.6) is 0 Å². The molecule has 0 fully saturated rings.